The summed E-state index contributed by atoms with van der Waals surface area (Å²) in [6.45, 7) is 7.42. The molecule has 5 atom stereocenters. The van der Waals surface area contributed by atoms with Crippen molar-refractivity contribution in [3.8, 4) is 0 Å². The van der Waals surface area contributed by atoms with Gasteiger partial charge in [0, 0.05) is 23.2 Å². The van der Waals surface area contributed by atoms with E-state index >= 15 is 0 Å². The van der Waals surface area contributed by atoms with Gasteiger partial charge in [-0.3, -0.25) is 6.20 Å². The molecule has 0 aliphatic carbocycles. The van der Waals surface area contributed by atoms with Gasteiger partial charge in [0.1, 0.15) is 6.10 Å². The largest absolute Gasteiger partial charge is 0.459 e. The average Bonchev–Trinajstić information content (AvgIpc) is 2.74. The third-order valence-electron chi connectivity index (χ3n) is 3.81. The molecule has 1 fully saturated rings. The first-order valence-corrected chi connectivity index (χ1v) is 6.37. The normalized spacial score (nSPS) is 41.6. The van der Waals surface area contributed by atoms with Gasteiger partial charge in [0.05, 0.1) is 24.8 Å². The Hall–Kier alpha value is 0.126. The molecule has 1 radical (unpaired) electrons. The second kappa shape index (κ2) is 6.34. The summed E-state index contributed by atoms with van der Waals surface area (Å²) in [5.41, 5.74) is 0. The smallest absolute Gasteiger partial charge is 0.130 e. The molecular weight excluding hydrogens is 261 g/mol. The van der Waals surface area contributed by atoms with Gasteiger partial charge in [0.25, 0.3) is 0 Å². The Balaban J connectivity index is 0.00000144. The minimum absolute atomic E-state index is 0. The molecule has 0 aromatic carbocycles. The van der Waals surface area contributed by atoms with E-state index in [2.05, 4.69) is 26.1 Å². The van der Waals surface area contributed by atoms with Gasteiger partial charge in [-0.25, -0.2) is 6.08 Å². The minimum Gasteiger partial charge on any atom is -0.459 e. The van der Waals surface area contributed by atoms with Crippen molar-refractivity contribution < 1.29 is 31.5 Å². The van der Waals surface area contributed by atoms with Crippen LogP contribution < -0.4 is 4.90 Å². The van der Waals surface area contributed by atoms with Gasteiger partial charge in [-0.05, 0) is 19.3 Å². The predicted molar refractivity (Wildman–Crippen MR) is 61.8 cm³/mol. The maximum atomic E-state index is 10.2. The zero-order chi connectivity index (χ0) is 11.7. The maximum absolute atomic E-state index is 10.2. The summed E-state index contributed by atoms with van der Waals surface area (Å²) >= 11 is 0. The fraction of sp³-hybridized carbons (Fsp3) is 0.846. The van der Waals surface area contributed by atoms with Crippen molar-refractivity contribution >= 4 is 0 Å². The summed E-state index contributed by atoms with van der Waals surface area (Å²) in [6, 6.07) is 0.259. The Morgan fingerprint density at radius 2 is 2.18 bits per heavy atom. The summed E-state index contributed by atoms with van der Waals surface area (Å²) in [5, 5.41) is 10.2. The molecule has 2 heterocycles. The van der Waals surface area contributed by atoms with E-state index < -0.39 is 0 Å². The van der Waals surface area contributed by atoms with E-state index in [1.165, 1.54) is 4.90 Å². The monoisotopic (exact) mass is 284 g/mol. The minimum atomic E-state index is -0.357. The molecule has 1 saturated heterocycles. The number of nitrogens with one attached hydrogen (secondary N) is 1. The molecule has 2 aliphatic rings. The van der Waals surface area contributed by atoms with E-state index in [0.29, 0.717) is 5.92 Å². The van der Waals surface area contributed by atoms with Gasteiger partial charge in [-0.15, -0.1) is 0 Å². The zero-order valence-electron chi connectivity index (χ0n) is 10.8. The van der Waals surface area contributed by atoms with Crippen molar-refractivity contribution in [3.05, 3.63) is 12.3 Å². The van der Waals surface area contributed by atoms with Crippen LogP contribution in [0, 0.1) is 12.1 Å². The predicted octanol–water partition coefficient (Wildman–Crippen LogP) is 0.152. The summed E-state index contributed by atoms with van der Waals surface area (Å²) in [5.74, 6) is 0.517. The molecule has 0 spiro atoms. The molecule has 0 bridgehead atoms. The van der Waals surface area contributed by atoms with Crippen molar-refractivity contribution in [2.24, 2.45) is 5.92 Å². The molecule has 101 valence electrons. The van der Waals surface area contributed by atoms with Crippen LogP contribution in [0.4, 0.5) is 0 Å². The van der Waals surface area contributed by atoms with Crippen molar-refractivity contribution in [1.29, 1.82) is 0 Å². The molecular formula is C13H23CoNO2. The second-order valence-corrected chi connectivity index (χ2v) is 5.37. The molecule has 0 aromatic rings. The van der Waals surface area contributed by atoms with E-state index in [1.54, 1.807) is 0 Å². The summed E-state index contributed by atoms with van der Waals surface area (Å²) < 4.78 is 5.85. The van der Waals surface area contributed by atoms with Crippen LogP contribution in [0.1, 0.15) is 33.6 Å². The van der Waals surface area contributed by atoms with Crippen molar-refractivity contribution in [1.82, 2.24) is 0 Å². The van der Waals surface area contributed by atoms with Crippen LogP contribution >= 0.6 is 0 Å². The number of aliphatic hydroxyl groups is 1. The van der Waals surface area contributed by atoms with Crippen molar-refractivity contribution in [2.75, 3.05) is 6.54 Å². The molecule has 0 aromatic heterocycles. The van der Waals surface area contributed by atoms with Gasteiger partial charge < -0.3 is 14.7 Å². The van der Waals surface area contributed by atoms with Crippen LogP contribution in [0.25, 0.3) is 0 Å². The second-order valence-electron chi connectivity index (χ2n) is 5.37. The first kappa shape index (κ1) is 15.2. The maximum Gasteiger partial charge on any atom is 0.130 e. The Morgan fingerprint density at radius 3 is 2.71 bits per heavy atom. The standard InChI is InChI=1S/C13H23NO2.Co/c1-9(2)12-8-11(13(15)10(3)16-12)14-6-4-5-7-14;/h4,9-15H,5,7-8H2,1-3H3;. The number of aliphatic hydroxyl groups excluding tert-OH is 1. The SMILES string of the molecule is CC(C)C1CC([NH+]2[C-]=CCC2)C(O)C(C)O1.[Co]. The first-order chi connectivity index (χ1) is 7.59. The fourth-order valence-electron chi connectivity index (χ4n) is 2.70. The van der Waals surface area contributed by atoms with Gasteiger partial charge >= 0.3 is 0 Å². The van der Waals surface area contributed by atoms with E-state index in [1.807, 2.05) is 6.92 Å². The molecule has 17 heavy (non-hydrogen) atoms. The number of rotatable bonds is 2. The summed E-state index contributed by atoms with van der Waals surface area (Å²) in [6.07, 6.45) is 7.29. The molecule has 0 saturated carbocycles. The van der Waals surface area contributed by atoms with Crippen molar-refractivity contribution in [3.63, 3.8) is 0 Å². The van der Waals surface area contributed by atoms with E-state index in [-0.39, 0.29) is 41.1 Å². The van der Waals surface area contributed by atoms with E-state index in [0.717, 1.165) is 19.4 Å². The first-order valence-electron chi connectivity index (χ1n) is 6.37. The number of ether oxygens (including phenoxy) is 1. The average molecular weight is 284 g/mol. The van der Waals surface area contributed by atoms with E-state index in [9.17, 15) is 5.11 Å². The fourth-order valence-corrected chi connectivity index (χ4v) is 2.70. The third-order valence-corrected chi connectivity index (χ3v) is 3.81. The Labute approximate surface area is 114 Å². The van der Waals surface area contributed by atoms with Crippen LogP contribution in [0.15, 0.2) is 6.08 Å². The van der Waals surface area contributed by atoms with Gasteiger partial charge in [-0.2, -0.15) is 0 Å². The third kappa shape index (κ3) is 3.32. The molecule has 2 aliphatic heterocycles. The molecule has 4 heteroatoms. The molecule has 3 nitrogen and oxygen atoms in total. The van der Waals surface area contributed by atoms with Crippen LogP contribution in [-0.4, -0.2) is 36.0 Å². The summed E-state index contributed by atoms with van der Waals surface area (Å²) in [7, 11) is 0. The van der Waals surface area contributed by atoms with E-state index in [4.69, 9.17) is 4.74 Å². The van der Waals surface area contributed by atoms with Crippen LogP contribution in [0.2, 0.25) is 0 Å². The van der Waals surface area contributed by atoms with Gasteiger partial charge in [-0.1, -0.05) is 13.8 Å². The Bertz CT molecular complexity index is 270. The van der Waals surface area contributed by atoms with Gasteiger partial charge in [0.15, 0.2) is 0 Å². The number of hydrogen-bond donors (Lipinski definition) is 2. The van der Waals surface area contributed by atoms with Crippen LogP contribution in [0.5, 0.6) is 0 Å². The van der Waals surface area contributed by atoms with Crippen LogP contribution in [0.3, 0.4) is 0 Å². The molecule has 2 rings (SSSR count). The quantitative estimate of drug-likeness (QED) is 0.708. The summed E-state index contributed by atoms with van der Waals surface area (Å²) in [4.78, 5) is 1.30. The van der Waals surface area contributed by atoms with Gasteiger partial charge in [0.2, 0.25) is 0 Å². The van der Waals surface area contributed by atoms with Crippen molar-refractivity contribution in [2.45, 2.75) is 58.0 Å². The number of hydrogen-bond acceptors (Lipinski definition) is 2. The number of quaternary nitrogens is 1. The topological polar surface area (TPSA) is 33.9 Å². The Kier molecular flexibility index (Phi) is 5.66. The molecule has 0 amide bonds. The Morgan fingerprint density at radius 1 is 1.47 bits per heavy atom. The molecule has 2 N–H and O–H groups in total. The molecule has 5 unspecified atom stereocenters. The van der Waals surface area contributed by atoms with Crippen LogP contribution in [-0.2, 0) is 21.5 Å². The zero-order valence-corrected chi connectivity index (χ0v) is 11.8.